The minimum Gasteiger partial charge on any atom is -0.477 e. The van der Waals surface area contributed by atoms with Crippen LogP contribution in [0.4, 0.5) is 0 Å². The first-order valence-electron chi connectivity index (χ1n) is 7.06. The molecule has 1 fully saturated rings. The van der Waals surface area contributed by atoms with Crippen LogP contribution in [0.5, 0.6) is 0 Å². The summed E-state index contributed by atoms with van der Waals surface area (Å²) in [6, 6.07) is 0. The Morgan fingerprint density at radius 2 is 2.10 bits per heavy atom. The molecule has 1 aliphatic carbocycles. The fourth-order valence-corrected chi connectivity index (χ4v) is 3.21. The van der Waals surface area contributed by atoms with Gasteiger partial charge >= 0.3 is 5.97 Å². The number of methoxy groups -OCH3 is 1. The summed E-state index contributed by atoms with van der Waals surface area (Å²) in [7, 11) is 1.66. The van der Waals surface area contributed by atoms with E-state index < -0.39 is 11.6 Å². The smallest absolute Gasteiger partial charge is 0.354 e. The Hall–Kier alpha value is -1.53. The van der Waals surface area contributed by atoms with Crippen LogP contribution in [0.1, 0.15) is 53.3 Å². The van der Waals surface area contributed by atoms with Crippen LogP contribution in [0.25, 0.3) is 0 Å². The van der Waals surface area contributed by atoms with Crippen molar-refractivity contribution in [3.05, 3.63) is 22.8 Å². The van der Waals surface area contributed by atoms with Gasteiger partial charge in [-0.2, -0.15) is 0 Å². The Labute approximate surface area is 117 Å². The van der Waals surface area contributed by atoms with Gasteiger partial charge in [-0.15, -0.1) is 0 Å². The standard InChI is InChI=1S/C14H19N3O3/c1-20-14(5-2-3-6-14)13-16-10-8-15-7-4-9(10)11(17-13)12(18)19/h15H,2-8H2,1H3,(H,18,19). The molecule has 108 valence electrons. The highest BCUT2D eigenvalue weighted by Gasteiger charge is 2.40. The summed E-state index contributed by atoms with van der Waals surface area (Å²) in [5.41, 5.74) is 1.22. The highest BCUT2D eigenvalue weighted by molar-refractivity contribution is 5.87. The molecule has 0 radical (unpaired) electrons. The molecule has 0 spiro atoms. The number of aromatic nitrogens is 2. The van der Waals surface area contributed by atoms with Crippen molar-refractivity contribution in [3.63, 3.8) is 0 Å². The molecule has 0 saturated heterocycles. The number of fused-ring (bicyclic) bond motifs is 1. The van der Waals surface area contributed by atoms with Crippen LogP contribution < -0.4 is 5.32 Å². The summed E-state index contributed by atoms with van der Waals surface area (Å²) in [5, 5.41) is 12.6. The van der Waals surface area contributed by atoms with Crippen molar-refractivity contribution in [1.82, 2.24) is 15.3 Å². The Morgan fingerprint density at radius 3 is 2.75 bits per heavy atom. The Morgan fingerprint density at radius 1 is 1.35 bits per heavy atom. The Balaban J connectivity index is 2.12. The lowest BCUT2D eigenvalue weighted by molar-refractivity contribution is -0.0167. The van der Waals surface area contributed by atoms with Gasteiger partial charge < -0.3 is 15.2 Å². The molecule has 6 heteroatoms. The largest absolute Gasteiger partial charge is 0.477 e. The molecule has 1 saturated carbocycles. The lowest BCUT2D eigenvalue weighted by atomic mass is 9.98. The monoisotopic (exact) mass is 277 g/mol. The van der Waals surface area contributed by atoms with Gasteiger partial charge in [0.15, 0.2) is 11.5 Å². The second kappa shape index (κ2) is 5.10. The van der Waals surface area contributed by atoms with Crippen molar-refractivity contribution in [2.45, 2.75) is 44.2 Å². The SMILES string of the molecule is COC1(c2nc3c(c(C(=O)O)n2)CCNC3)CCCC1. The third kappa shape index (κ3) is 2.09. The maximum Gasteiger partial charge on any atom is 0.354 e. The molecule has 3 rings (SSSR count). The number of ether oxygens (including phenoxy) is 1. The number of nitrogens with zero attached hydrogens (tertiary/aromatic N) is 2. The molecular weight excluding hydrogens is 258 g/mol. The number of carbonyl (C=O) groups is 1. The number of hydrogen-bond donors (Lipinski definition) is 2. The zero-order valence-corrected chi connectivity index (χ0v) is 11.6. The van der Waals surface area contributed by atoms with E-state index in [2.05, 4.69) is 15.3 Å². The molecule has 20 heavy (non-hydrogen) atoms. The molecule has 6 nitrogen and oxygen atoms in total. The van der Waals surface area contributed by atoms with E-state index in [1.807, 2.05) is 0 Å². The van der Waals surface area contributed by atoms with Gasteiger partial charge in [0, 0.05) is 19.2 Å². The van der Waals surface area contributed by atoms with E-state index in [4.69, 9.17) is 4.74 Å². The topological polar surface area (TPSA) is 84.3 Å². The molecule has 0 amide bonds. The van der Waals surface area contributed by atoms with Gasteiger partial charge in [-0.25, -0.2) is 14.8 Å². The van der Waals surface area contributed by atoms with Gasteiger partial charge in [0.1, 0.15) is 5.60 Å². The van der Waals surface area contributed by atoms with E-state index >= 15 is 0 Å². The van der Waals surface area contributed by atoms with Crippen LogP contribution in [0.15, 0.2) is 0 Å². The lowest BCUT2D eigenvalue weighted by Crippen LogP contribution is -2.33. The minimum absolute atomic E-state index is 0.148. The Bertz CT molecular complexity index is 539. The van der Waals surface area contributed by atoms with Crippen molar-refractivity contribution in [2.24, 2.45) is 0 Å². The van der Waals surface area contributed by atoms with Crippen molar-refractivity contribution >= 4 is 5.97 Å². The van der Waals surface area contributed by atoms with Gasteiger partial charge in [0.2, 0.25) is 0 Å². The quantitative estimate of drug-likeness (QED) is 0.864. The van der Waals surface area contributed by atoms with E-state index in [1.165, 1.54) is 0 Å². The first kappa shape index (κ1) is 13.5. The number of aromatic carboxylic acids is 1. The number of carboxylic acids is 1. The molecule has 2 aliphatic rings. The second-order valence-corrected chi connectivity index (χ2v) is 5.46. The third-order valence-corrected chi connectivity index (χ3v) is 4.35. The summed E-state index contributed by atoms with van der Waals surface area (Å²) in [6.07, 6.45) is 4.50. The molecule has 2 N–H and O–H groups in total. The molecular formula is C14H19N3O3. The first-order valence-corrected chi connectivity index (χ1v) is 7.06. The average Bonchev–Trinajstić information content (AvgIpc) is 2.96. The molecule has 0 unspecified atom stereocenters. The summed E-state index contributed by atoms with van der Waals surface area (Å²) in [5.74, 6) is -0.437. The van der Waals surface area contributed by atoms with E-state index in [9.17, 15) is 9.90 Å². The van der Waals surface area contributed by atoms with E-state index in [0.29, 0.717) is 18.8 Å². The maximum absolute atomic E-state index is 11.5. The van der Waals surface area contributed by atoms with E-state index in [1.54, 1.807) is 7.11 Å². The van der Waals surface area contributed by atoms with Gasteiger partial charge in [0.05, 0.1) is 5.69 Å². The minimum atomic E-state index is -0.976. The van der Waals surface area contributed by atoms with Crippen LogP contribution in [0.3, 0.4) is 0 Å². The van der Waals surface area contributed by atoms with Gasteiger partial charge in [0.25, 0.3) is 0 Å². The Kier molecular flexibility index (Phi) is 3.43. The summed E-state index contributed by atoms with van der Waals surface area (Å²) < 4.78 is 5.67. The predicted molar refractivity (Wildman–Crippen MR) is 71.6 cm³/mol. The second-order valence-electron chi connectivity index (χ2n) is 5.46. The van der Waals surface area contributed by atoms with Crippen LogP contribution in [-0.4, -0.2) is 34.7 Å². The fraction of sp³-hybridized carbons (Fsp3) is 0.643. The number of hydrogen-bond acceptors (Lipinski definition) is 5. The molecule has 0 aromatic carbocycles. The van der Waals surface area contributed by atoms with Crippen molar-refractivity contribution in [1.29, 1.82) is 0 Å². The van der Waals surface area contributed by atoms with Crippen molar-refractivity contribution in [3.8, 4) is 0 Å². The van der Waals surface area contributed by atoms with Crippen molar-refractivity contribution < 1.29 is 14.6 Å². The van der Waals surface area contributed by atoms with Gasteiger partial charge in [-0.1, -0.05) is 0 Å². The van der Waals surface area contributed by atoms with E-state index in [0.717, 1.165) is 43.5 Å². The predicted octanol–water partition coefficient (Wildman–Crippen LogP) is 1.24. The highest BCUT2D eigenvalue weighted by atomic mass is 16.5. The van der Waals surface area contributed by atoms with Crippen LogP contribution in [0.2, 0.25) is 0 Å². The van der Waals surface area contributed by atoms with Crippen LogP contribution in [-0.2, 0) is 23.3 Å². The molecule has 0 atom stereocenters. The third-order valence-electron chi connectivity index (χ3n) is 4.35. The molecule has 2 heterocycles. The van der Waals surface area contributed by atoms with Gasteiger partial charge in [-0.05, 0) is 38.6 Å². The zero-order chi connectivity index (χ0) is 14.2. The van der Waals surface area contributed by atoms with Crippen LogP contribution in [0, 0.1) is 0 Å². The first-order chi connectivity index (χ1) is 9.66. The zero-order valence-electron chi connectivity index (χ0n) is 11.6. The van der Waals surface area contributed by atoms with Crippen LogP contribution >= 0.6 is 0 Å². The van der Waals surface area contributed by atoms with Gasteiger partial charge in [-0.3, -0.25) is 0 Å². The summed E-state index contributed by atoms with van der Waals surface area (Å²) in [6.45, 7) is 1.37. The van der Waals surface area contributed by atoms with Crippen molar-refractivity contribution in [2.75, 3.05) is 13.7 Å². The normalized spacial score (nSPS) is 20.6. The lowest BCUT2D eigenvalue weighted by Gasteiger charge is -2.28. The highest BCUT2D eigenvalue weighted by Crippen LogP contribution is 2.40. The average molecular weight is 277 g/mol. The number of carboxylic acid groups (broad SMARTS) is 1. The molecule has 0 bridgehead atoms. The molecule has 1 aromatic rings. The molecule has 1 aliphatic heterocycles. The summed E-state index contributed by atoms with van der Waals surface area (Å²) >= 11 is 0. The maximum atomic E-state index is 11.5. The summed E-state index contributed by atoms with van der Waals surface area (Å²) in [4.78, 5) is 20.4. The number of nitrogens with one attached hydrogen (secondary N) is 1. The number of rotatable bonds is 3. The van der Waals surface area contributed by atoms with E-state index in [-0.39, 0.29) is 5.69 Å². The molecule has 1 aromatic heterocycles. The fourth-order valence-electron chi connectivity index (χ4n) is 3.21.